The van der Waals surface area contributed by atoms with Gasteiger partial charge < -0.3 is 65.5 Å². The number of carbonyl (C=O) groups is 15. The number of nitrogens with one attached hydrogen (secondary N) is 6. The van der Waals surface area contributed by atoms with Gasteiger partial charge in [-0.1, -0.05) is 299 Å². The number of rotatable bonds is 54. The third kappa shape index (κ3) is 52.8. The molecule has 5 amide bonds. The largest absolute Gasteiger partial charge is 0.481 e. The van der Waals surface area contributed by atoms with Gasteiger partial charge in [0.2, 0.25) is 0 Å². The van der Waals surface area contributed by atoms with E-state index in [2.05, 4.69) is 36.6 Å². The highest BCUT2D eigenvalue weighted by Gasteiger charge is 2.35. The molecule has 1 aromatic heterocycles. The zero-order valence-corrected chi connectivity index (χ0v) is 85.7. The first kappa shape index (κ1) is 121. The highest BCUT2D eigenvalue weighted by atomic mass is 16.6. The minimum absolute atomic E-state index is 0.0150. The van der Waals surface area contributed by atoms with E-state index >= 15 is 0 Å². The Bertz CT molecular complexity index is 4880. The van der Waals surface area contributed by atoms with Crippen LogP contribution >= 0.6 is 0 Å². The molecule has 0 aliphatic carbocycles. The number of nitrogens with zero attached hydrogens (tertiary/aromatic N) is 1. The number of aromatic amines is 1. The van der Waals surface area contributed by atoms with Crippen LogP contribution in [0.15, 0.2) is 188 Å². The van der Waals surface area contributed by atoms with Crippen LogP contribution in [-0.4, -0.2) is 139 Å². The molecule has 1 unspecified atom stereocenters. The van der Waals surface area contributed by atoms with Crippen molar-refractivity contribution in [2.75, 3.05) is 0 Å². The van der Waals surface area contributed by atoms with Crippen LogP contribution in [0.5, 0.6) is 0 Å². The van der Waals surface area contributed by atoms with E-state index in [4.69, 9.17) is 23.7 Å². The Labute approximate surface area is 828 Å². The molecule has 766 valence electrons. The number of ether oxygens (including phenoxy) is 5. The lowest BCUT2D eigenvalue weighted by molar-refractivity contribution is -0.144. The fourth-order valence-electron chi connectivity index (χ4n) is 15.1. The van der Waals surface area contributed by atoms with Gasteiger partial charge in [-0.15, -0.1) is 0 Å². The first-order valence-corrected chi connectivity index (χ1v) is 48.7. The highest BCUT2D eigenvalue weighted by molar-refractivity contribution is 5.95. The minimum Gasteiger partial charge on any atom is -0.481 e. The number of Topliss-reactive ketones (excluding diaryl/α,β-unsaturated/α-hetero) is 8. The van der Waals surface area contributed by atoms with Gasteiger partial charge in [0, 0.05) is 68.7 Å². The van der Waals surface area contributed by atoms with Crippen molar-refractivity contribution in [2.45, 2.75) is 292 Å². The number of alkyl carbamates (subject to hydrolysis) is 5. The van der Waals surface area contributed by atoms with Gasteiger partial charge in [-0.05, 0) is 153 Å². The third-order valence-corrected chi connectivity index (χ3v) is 22.9. The smallest absolute Gasteiger partial charge is 0.408 e. The molecule has 7 aromatic rings. The number of ketones is 8. The number of carboxylic acid groups (broad SMARTS) is 2. The molecule has 1 heterocycles. The van der Waals surface area contributed by atoms with Crippen molar-refractivity contribution in [1.29, 1.82) is 0 Å². The molecule has 0 spiro atoms. The van der Waals surface area contributed by atoms with Crippen molar-refractivity contribution in [3.8, 4) is 0 Å². The van der Waals surface area contributed by atoms with Crippen LogP contribution in [-0.2, 0) is 118 Å². The van der Waals surface area contributed by atoms with Crippen LogP contribution in [0.1, 0.15) is 253 Å². The number of imidazole rings is 1. The maximum Gasteiger partial charge on any atom is 0.408 e. The molecule has 0 saturated heterocycles. The fraction of sp³-hybridized carbons (Fsp3) is 0.514. The number of benzene rings is 6. The van der Waals surface area contributed by atoms with Crippen molar-refractivity contribution in [3.63, 3.8) is 0 Å². The molecule has 0 bridgehead atoms. The van der Waals surface area contributed by atoms with E-state index in [1.807, 2.05) is 294 Å². The van der Waals surface area contributed by atoms with Crippen LogP contribution < -0.4 is 26.6 Å². The van der Waals surface area contributed by atoms with Gasteiger partial charge in [-0.2, -0.15) is 0 Å². The van der Waals surface area contributed by atoms with E-state index in [0.29, 0.717) is 62.1 Å². The molecule has 0 aliphatic heterocycles. The van der Waals surface area contributed by atoms with Crippen LogP contribution in [0, 0.1) is 83.9 Å². The van der Waals surface area contributed by atoms with Crippen molar-refractivity contribution in [3.05, 3.63) is 233 Å². The summed E-state index contributed by atoms with van der Waals surface area (Å²) in [7, 11) is 0. The standard InChI is InChI=1S/C25H31NO5.2C22H33NO4.C21H27N3O5.C21H31NO4/c1-17(2)13-22(26-25(30)31-16-20-7-5-4-6-8-20)23(27)15-21(24(28)29)14-19-11-9-18(3)10-12-19;1-15(2)11-19(17(5)24)13-21(25)20(12-16(3)4)23-22(26)27-14-18-9-7-6-8-10-18;1-6-16(4)21(20(25)13-19(17(5)24)12-15(2)3)23-22(26)27-14-18-10-8-7-9-11-18;1-14(2)10-17(24-21(28)29-13-15-6-4-3-5-7-15)18(25)11-16(20(26)27)12-19-22-8-9-23-19;1-14(2)11-18(16(5)23)12-19(24)20(15(3)4)22-21(25)26-13-17-9-7-6-8-10-17/h4-12,17,21-22H,13-16H2,1-3H3,(H,26,30)(H,28,29);6-10,15-16,19-20H,11-14H2,1-5H3,(H,23,26);7-11,15-16,19,21H,6,12-14H2,1-5H3,(H,23,26);3-9,14,16-17H,10-13H2,1-2H3,(H,22,23)(H,24,28)(H,26,27);6-10,14-15,18,20H,11-13H2,1-5H3,(H,22,25)/t21-,22+;19-,20+;16?,19-,21+;16-,17-;18-,20+/m11101/s1. The maximum absolute atomic E-state index is 12.9. The van der Waals surface area contributed by atoms with Crippen molar-refractivity contribution in [2.24, 2.45) is 76.9 Å². The number of hydrogen-bond acceptors (Lipinski definition) is 21. The lowest BCUT2D eigenvalue weighted by atomic mass is 9.85. The quantitative estimate of drug-likeness (QED) is 0.0164. The Hall–Kier alpha value is -12.8. The van der Waals surface area contributed by atoms with Crippen LogP contribution in [0.25, 0.3) is 0 Å². The maximum atomic E-state index is 12.9. The first-order chi connectivity index (χ1) is 66.2. The van der Waals surface area contributed by atoms with Crippen LogP contribution in [0.4, 0.5) is 24.0 Å². The van der Waals surface area contributed by atoms with Crippen LogP contribution in [0.3, 0.4) is 0 Å². The fourth-order valence-corrected chi connectivity index (χ4v) is 15.1. The molecule has 140 heavy (non-hydrogen) atoms. The molecule has 0 saturated carbocycles. The summed E-state index contributed by atoms with van der Waals surface area (Å²) in [6, 6.07) is 50.6. The predicted molar refractivity (Wildman–Crippen MR) is 539 cm³/mol. The van der Waals surface area contributed by atoms with Gasteiger partial charge in [-0.25, -0.2) is 29.0 Å². The minimum atomic E-state index is -1.08. The second-order valence-corrected chi connectivity index (χ2v) is 38.8. The molecule has 6 aromatic carbocycles. The number of carboxylic acids is 2. The molecule has 0 radical (unpaired) electrons. The number of carbonyl (C=O) groups excluding carboxylic acids is 13. The lowest BCUT2D eigenvalue weighted by Gasteiger charge is -2.25. The summed E-state index contributed by atoms with van der Waals surface area (Å²) in [4.78, 5) is 191. The molecule has 0 fully saturated rings. The van der Waals surface area contributed by atoms with Crippen LogP contribution in [0.2, 0.25) is 0 Å². The van der Waals surface area contributed by atoms with E-state index in [1.165, 1.54) is 27.0 Å². The summed E-state index contributed by atoms with van der Waals surface area (Å²) in [6.07, 6.45) is 4.46. The summed E-state index contributed by atoms with van der Waals surface area (Å²) in [6.45, 7) is 38.7. The zero-order valence-electron chi connectivity index (χ0n) is 85.7. The summed E-state index contributed by atoms with van der Waals surface area (Å²) < 4.78 is 26.1. The van der Waals surface area contributed by atoms with Crippen molar-refractivity contribution < 1.29 is 106 Å². The number of H-pyrrole nitrogens is 1. The second-order valence-electron chi connectivity index (χ2n) is 38.8. The van der Waals surface area contributed by atoms with E-state index < -0.39 is 84.4 Å². The molecule has 0 aliphatic rings. The second kappa shape index (κ2) is 66.7. The molecule has 11 atom stereocenters. The van der Waals surface area contributed by atoms with E-state index in [-0.39, 0.29) is 172 Å². The third-order valence-electron chi connectivity index (χ3n) is 22.9. The molecule has 29 nitrogen and oxygen atoms in total. The van der Waals surface area contributed by atoms with E-state index in [0.717, 1.165) is 45.4 Å². The van der Waals surface area contributed by atoms with Gasteiger partial charge in [0.15, 0.2) is 28.9 Å². The van der Waals surface area contributed by atoms with E-state index in [9.17, 15) is 82.1 Å². The zero-order chi connectivity index (χ0) is 105. The molecule has 29 heteroatoms. The summed E-state index contributed by atoms with van der Waals surface area (Å²) in [5, 5.41) is 32.4. The first-order valence-electron chi connectivity index (χ1n) is 48.7. The van der Waals surface area contributed by atoms with Gasteiger partial charge in [0.1, 0.15) is 56.2 Å². The number of aliphatic carboxylic acids is 2. The number of aromatic nitrogens is 2. The lowest BCUT2D eigenvalue weighted by Crippen LogP contribution is -2.46. The number of aryl methyl sites for hydroxylation is 1. The predicted octanol–water partition coefficient (Wildman–Crippen LogP) is 20.7. The normalized spacial score (nSPS) is 13.3. The van der Waals surface area contributed by atoms with Gasteiger partial charge >= 0.3 is 42.4 Å². The van der Waals surface area contributed by atoms with Crippen molar-refractivity contribution in [1.82, 2.24) is 36.6 Å². The van der Waals surface area contributed by atoms with Gasteiger partial charge in [0.25, 0.3) is 0 Å². The Balaban J connectivity index is 0.000000451. The van der Waals surface area contributed by atoms with Crippen molar-refractivity contribution >= 4 is 88.7 Å². The van der Waals surface area contributed by atoms with Gasteiger partial charge in [-0.3, -0.25) is 47.9 Å². The topological polar surface area (TPSA) is 431 Å². The Morgan fingerprint density at radius 2 is 0.571 bits per heavy atom. The summed E-state index contributed by atoms with van der Waals surface area (Å²) >= 11 is 0. The Kier molecular flexibility index (Phi) is 57.8. The molecular formula is C111H155N7O22. The Morgan fingerprint density at radius 3 is 0.821 bits per heavy atom. The molecular weight excluding hydrogens is 1780 g/mol. The average Bonchev–Trinajstić information content (AvgIpc) is 1.10. The Morgan fingerprint density at radius 1 is 0.314 bits per heavy atom. The van der Waals surface area contributed by atoms with Gasteiger partial charge in [0.05, 0.1) is 42.0 Å². The summed E-state index contributed by atoms with van der Waals surface area (Å²) in [5.74, 6) is -3.83. The average molecular weight is 1940 g/mol. The SMILES string of the molecule is CC(=O)[C@@H](CC(=O)[C@@H](NC(=O)OCc1ccccc1)C(C)C)CC(C)C.CC(=O)[C@@H](CC(=O)[C@H](CC(C)C)NC(=O)OCc1ccccc1)CC(C)C.CC(C)C[C@H](NC(=O)OCc1ccccc1)C(=O)C[C@@H](Cc1ncc[nH]1)C(=O)O.CCC(C)[C@H](NC(=O)OCc1ccccc1)C(=O)C[C@@H](CC(C)C)C(C)=O.Cc1ccc(C[C@H](CC(=O)[C@H](CC(C)C)NC(=O)OCc2ccccc2)C(=O)O)cc1. The monoisotopic (exact) mass is 1940 g/mol. The van der Waals surface area contributed by atoms with E-state index in [1.54, 1.807) is 6.20 Å². The highest BCUT2D eigenvalue weighted by Crippen LogP contribution is 2.26. The summed E-state index contributed by atoms with van der Waals surface area (Å²) in [5.41, 5.74) is 6.26. The molecule has 8 N–H and O–H groups in total. The molecule has 7 rings (SSSR count). The number of amides is 5. The number of hydrogen-bond donors (Lipinski definition) is 8.